The first-order valence-electron chi connectivity index (χ1n) is 7.14. The minimum atomic E-state index is -0.431. The van der Waals surface area contributed by atoms with Gasteiger partial charge in [0.25, 0.3) is 0 Å². The summed E-state index contributed by atoms with van der Waals surface area (Å²) in [4.78, 5) is 0. The molecule has 0 amide bonds. The summed E-state index contributed by atoms with van der Waals surface area (Å²) in [7, 11) is 0. The second-order valence-electron chi connectivity index (χ2n) is 5.21. The van der Waals surface area contributed by atoms with E-state index in [9.17, 15) is 5.11 Å². The minimum Gasteiger partial charge on any atom is -0.387 e. The first-order valence-corrected chi connectivity index (χ1v) is 7.14. The molecule has 0 aliphatic heterocycles. The van der Waals surface area contributed by atoms with Crippen molar-refractivity contribution in [2.75, 3.05) is 0 Å². The number of halogens is 1. The zero-order valence-corrected chi connectivity index (χ0v) is 13.1. The number of aliphatic hydroxyl groups excluding tert-OH is 1. The maximum absolute atomic E-state index is 10.2. The first-order chi connectivity index (χ1) is 8.65. The van der Waals surface area contributed by atoms with Crippen LogP contribution in [0.15, 0.2) is 30.3 Å². The minimum absolute atomic E-state index is 0. The topological polar surface area (TPSA) is 32.3 Å². The van der Waals surface area contributed by atoms with E-state index in [4.69, 9.17) is 0 Å². The number of benzene rings is 1. The van der Waals surface area contributed by atoms with Crippen LogP contribution in [0.25, 0.3) is 0 Å². The van der Waals surface area contributed by atoms with Crippen molar-refractivity contribution in [2.24, 2.45) is 0 Å². The van der Waals surface area contributed by atoms with E-state index in [1.807, 2.05) is 37.3 Å². The molecule has 3 atom stereocenters. The van der Waals surface area contributed by atoms with Gasteiger partial charge in [0, 0.05) is 12.1 Å². The van der Waals surface area contributed by atoms with Gasteiger partial charge in [-0.1, -0.05) is 56.5 Å². The highest BCUT2D eigenvalue weighted by Gasteiger charge is 2.17. The van der Waals surface area contributed by atoms with E-state index < -0.39 is 6.10 Å². The molecule has 0 aromatic heterocycles. The van der Waals surface area contributed by atoms with Gasteiger partial charge in [0.2, 0.25) is 0 Å². The summed E-state index contributed by atoms with van der Waals surface area (Å²) in [6.07, 6.45) is 4.56. The van der Waals surface area contributed by atoms with Gasteiger partial charge in [-0.15, -0.1) is 12.4 Å². The Morgan fingerprint density at radius 1 is 1.11 bits per heavy atom. The molecule has 2 nitrogen and oxygen atoms in total. The molecule has 19 heavy (non-hydrogen) atoms. The Balaban J connectivity index is 0.00000324. The number of hydrogen-bond donors (Lipinski definition) is 2. The van der Waals surface area contributed by atoms with Crippen molar-refractivity contribution < 1.29 is 5.11 Å². The van der Waals surface area contributed by atoms with Crippen LogP contribution in [0.5, 0.6) is 0 Å². The Morgan fingerprint density at radius 2 is 1.74 bits per heavy atom. The van der Waals surface area contributed by atoms with Crippen LogP contribution < -0.4 is 5.32 Å². The van der Waals surface area contributed by atoms with Crippen molar-refractivity contribution in [3.05, 3.63) is 35.9 Å². The molecule has 1 rings (SSSR count). The van der Waals surface area contributed by atoms with Crippen molar-refractivity contribution in [2.45, 2.75) is 64.6 Å². The molecule has 0 spiro atoms. The molecule has 0 aliphatic rings. The number of unbranched alkanes of at least 4 members (excludes halogenated alkanes) is 2. The molecule has 3 heteroatoms. The largest absolute Gasteiger partial charge is 0.387 e. The SMILES string of the molecule is CCCCCC(C)NC(C)C(O)c1ccccc1.Cl. The van der Waals surface area contributed by atoms with Crippen LogP contribution in [0, 0.1) is 0 Å². The Morgan fingerprint density at radius 3 is 2.32 bits per heavy atom. The molecule has 110 valence electrons. The lowest BCUT2D eigenvalue weighted by molar-refractivity contribution is 0.129. The molecule has 0 saturated heterocycles. The fourth-order valence-corrected chi connectivity index (χ4v) is 2.26. The van der Waals surface area contributed by atoms with E-state index in [0.29, 0.717) is 6.04 Å². The van der Waals surface area contributed by atoms with E-state index in [1.54, 1.807) is 0 Å². The molecule has 1 aromatic rings. The predicted molar refractivity (Wildman–Crippen MR) is 84.9 cm³/mol. The van der Waals surface area contributed by atoms with Crippen LogP contribution in [0.2, 0.25) is 0 Å². The van der Waals surface area contributed by atoms with Gasteiger partial charge in [0.15, 0.2) is 0 Å². The zero-order chi connectivity index (χ0) is 13.4. The third kappa shape index (κ3) is 6.95. The fraction of sp³-hybridized carbons (Fsp3) is 0.625. The Hall–Kier alpha value is -0.570. The highest BCUT2D eigenvalue weighted by molar-refractivity contribution is 5.85. The summed E-state index contributed by atoms with van der Waals surface area (Å²) in [5, 5.41) is 13.7. The Kier molecular flexibility index (Phi) is 9.94. The maximum Gasteiger partial charge on any atom is 0.0940 e. The number of aliphatic hydroxyl groups is 1. The summed E-state index contributed by atoms with van der Waals surface area (Å²) in [6.45, 7) is 6.47. The van der Waals surface area contributed by atoms with Crippen LogP contribution in [-0.2, 0) is 0 Å². The average Bonchev–Trinajstić information content (AvgIpc) is 2.39. The molecule has 2 N–H and O–H groups in total. The highest BCUT2D eigenvalue weighted by atomic mass is 35.5. The van der Waals surface area contributed by atoms with Gasteiger partial charge in [-0.05, 0) is 25.8 Å². The smallest absolute Gasteiger partial charge is 0.0940 e. The van der Waals surface area contributed by atoms with Gasteiger partial charge in [-0.3, -0.25) is 0 Å². The van der Waals surface area contributed by atoms with Gasteiger partial charge in [-0.2, -0.15) is 0 Å². The number of rotatable bonds is 8. The Bertz CT molecular complexity index is 318. The summed E-state index contributed by atoms with van der Waals surface area (Å²) in [5.74, 6) is 0. The normalized spacial score (nSPS) is 15.4. The van der Waals surface area contributed by atoms with Gasteiger partial charge < -0.3 is 10.4 Å². The van der Waals surface area contributed by atoms with Crippen molar-refractivity contribution in [3.63, 3.8) is 0 Å². The second kappa shape index (κ2) is 10.2. The van der Waals surface area contributed by atoms with E-state index in [2.05, 4.69) is 19.2 Å². The summed E-state index contributed by atoms with van der Waals surface area (Å²) >= 11 is 0. The first kappa shape index (κ1) is 18.4. The molecule has 0 saturated carbocycles. The third-order valence-electron chi connectivity index (χ3n) is 3.40. The van der Waals surface area contributed by atoms with Gasteiger partial charge in [-0.25, -0.2) is 0 Å². The van der Waals surface area contributed by atoms with Crippen LogP contribution in [0.1, 0.15) is 58.1 Å². The lowest BCUT2D eigenvalue weighted by Gasteiger charge is -2.24. The van der Waals surface area contributed by atoms with Gasteiger partial charge in [0.1, 0.15) is 0 Å². The summed E-state index contributed by atoms with van der Waals surface area (Å²) in [5.41, 5.74) is 0.984. The van der Waals surface area contributed by atoms with Crippen molar-refractivity contribution in [1.29, 1.82) is 0 Å². The number of hydrogen-bond acceptors (Lipinski definition) is 2. The second-order valence-corrected chi connectivity index (χ2v) is 5.21. The van der Waals surface area contributed by atoms with E-state index in [0.717, 1.165) is 5.56 Å². The van der Waals surface area contributed by atoms with Crippen LogP contribution >= 0.6 is 12.4 Å². The molecule has 0 heterocycles. The summed E-state index contributed by atoms with van der Waals surface area (Å²) < 4.78 is 0. The molecule has 0 aliphatic carbocycles. The van der Waals surface area contributed by atoms with Crippen LogP contribution in [0.4, 0.5) is 0 Å². The standard InChI is InChI=1S/C16H27NO.ClH/c1-4-5-7-10-13(2)17-14(3)16(18)15-11-8-6-9-12-15;/h6,8-9,11-14,16-18H,4-5,7,10H2,1-3H3;1H. The molecular weight excluding hydrogens is 258 g/mol. The molecule has 0 bridgehead atoms. The average molecular weight is 286 g/mol. The van der Waals surface area contributed by atoms with E-state index >= 15 is 0 Å². The van der Waals surface area contributed by atoms with Gasteiger partial charge >= 0.3 is 0 Å². The highest BCUT2D eigenvalue weighted by Crippen LogP contribution is 2.17. The van der Waals surface area contributed by atoms with Crippen LogP contribution in [0.3, 0.4) is 0 Å². The summed E-state index contributed by atoms with van der Waals surface area (Å²) in [6, 6.07) is 10.4. The lowest BCUT2D eigenvalue weighted by atomic mass is 10.0. The van der Waals surface area contributed by atoms with E-state index in [-0.39, 0.29) is 18.4 Å². The molecule has 3 unspecified atom stereocenters. The molecule has 1 aromatic carbocycles. The van der Waals surface area contributed by atoms with Crippen molar-refractivity contribution in [3.8, 4) is 0 Å². The lowest BCUT2D eigenvalue weighted by Crippen LogP contribution is -2.38. The van der Waals surface area contributed by atoms with Gasteiger partial charge in [0.05, 0.1) is 6.10 Å². The van der Waals surface area contributed by atoms with Crippen LogP contribution in [-0.4, -0.2) is 17.2 Å². The number of nitrogens with one attached hydrogen (secondary N) is 1. The predicted octanol–water partition coefficient (Wildman–Crippen LogP) is 4.09. The monoisotopic (exact) mass is 285 g/mol. The molecule has 0 radical (unpaired) electrons. The van der Waals surface area contributed by atoms with Crippen molar-refractivity contribution >= 4 is 12.4 Å². The quantitative estimate of drug-likeness (QED) is 0.705. The van der Waals surface area contributed by atoms with Crippen molar-refractivity contribution in [1.82, 2.24) is 5.32 Å². The molecular formula is C16H28ClNO. The fourth-order valence-electron chi connectivity index (χ4n) is 2.26. The Labute approximate surface area is 124 Å². The third-order valence-corrected chi connectivity index (χ3v) is 3.40. The maximum atomic E-state index is 10.2. The zero-order valence-electron chi connectivity index (χ0n) is 12.3. The van der Waals surface area contributed by atoms with E-state index in [1.165, 1.54) is 25.7 Å². The molecule has 0 fully saturated rings.